The van der Waals surface area contributed by atoms with Crippen molar-refractivity contribution in [1.29, 1.82) is 0 Å². The first kappa shape index (κ1) is 19.7. The van der Waals surface area contributed by atoms with E-state index >= 15 is 0 Å². The molecule has 0 aromatic carbocycles. The summed E-state index contributed by atoms with van der Waals surface area (Å²) in [4.78, 5) is 35.0. The first-order valence-corrected chi connectivity index (χ1v) is 6.74. The summed E-state index contributed by atoms with van der Waals surface area (Å²) in [6, 6.07) is -0.796. The number of imide groups is 1. The summed E-state index contributed by atoms with van der Waals surface area (Å²) in [6.45, 7) is 9.87. The lowest BCUT2D eigenvalue weighted by Gasteiger charge is -2.23. The van der Waals surface area contributed by atoms with E-state index in [-0.39, 0.29) is 0 Å². The average Bonchev–Trinajstić information content (AvgIpc) is 2.79. The van der Waals surface area contributed by atoms with Crippen molar-refractivity contribution in [2.45, 2.75) is 53.5 Å². The van der Waals surface area contributed by atoms with Gasteiger partial charge in [-0.15, -0.1) is 0 Å². The summed E-state index contributed by atoms with van der Waals surface area (Å²) in [7, 11) is 1.24. The minimum atomic E-state index is -0.796. The number of nitrogens with zero attached hydrogens (tertiary/aromatic N) is 1. The molecular weight excluding hydrogens is 246 g/mol. The fraction of sp³-hybridized carbons (Fsp3) is 0.643. The molecule has 0 saturated heterocycles. The first-order valence-electron chi connectivity index (χ1n) is 6.74. The van der Waals surface area contributed by atoms with E-state index in [1.54, 1.807) is 0 Å². The third kappa shape index (κ3) is 5.68. The van der Waals surface area contributed by atoms with E-state index in [9.17, 15) is 14.4 Å². The van der Waals surface area contributed by atoms with E-state index in [4.69, 9.17) is 0 Å². The van der Waals surface area contributed by atoms with Crippen LogP contribution in [0.3, 0.4) is 0 Å². The molecule has 0 saturated carbocycles. The molecule has 0 bridgehead atoms. The molecule has 1 rings (SSSR count). The molecule has 1 unspecified atom stereocenters. The molecule has 0 spiro atoms. The van der Waals surface area contributed by atoms with Crippen LogP contribution in [0.25, 0.3) is 0 Å². The van der Waals surface area contributed by atoms with E-state index in [0.29, 0.717) is 12.8 Å². The van der Waals surface area contributed by atoms with Crippen molar-refractivity contribution < 1.29 is 19.1 Å². The third-order valence-corrected chi connectivity index (χ3v) is 2.19. The molecular formula is C14H25NO4. The van der Waals surface area contributed by atoms with Gasteiger partial charge in [-0.1, -0.05) is 41.0 Å². The molecule has 0 aliphatic carbocycles. The van der Waals surface area contributed by atoms with Crippen LogP contribution in [0.5, 0.6) is 0 Å². The molecule has 0 aromatic rings. The Bertz CT molecular complexity index is 305. The molecule has 2 amide bonds. The number of ether oxygens (including phenoxy) is 1. The molecule has 1 atom stereocenters. The van der Waals surface area contributed by atoms with Gasteiger partial charge in [-0.3, -0.25) is 14.5 Å². The van der Waals surface area contributed by atoms with Crippen molar-refractivity contribution in [3.05, 3.63) is 12.2 Å². The van der Waals surface area contributed by atoms with Crippen LogP contribution in [0.4, 0.5) is 0 Å². The minimum Gasteiger partial charge on any atom is -0.467 e. The van der Waals surface area contributed by atoms with Crippen LogP contribution >= 0.6 is 0 Å². The molecule has 0 aromatic heterocycles. The van der Waals surface area contributed by atoms with Crippen molar-refractivity contribution >= 4 is 17.8 Å². The zero-order valence-corrected chi connectivity index (χ0v) is 12.7. The Morgan fingerprint density at radius 2 is 1.58 bits per heavy atom. The Hall–Kier alpha value is -1.65. The second kappa shape index (κ2) is 11.4. The van der Waals surface area contributed by atoms with Gasteiger partial charge in [0.2, 0.25) is 0 Å². The van der Waals surface area contributed by atoms with Gasteiger partial charge >= 0.3 is 5.97 Å². The van der Waals surface area contributed by atoms with E-state index in [2.05, 4.69) is 4.74 Å². The normalized spacial score (nSPS) is 14.1. The summed E-state index contributed by atoms with van der Waals surface area (Å²) >= 11 is 0. The predicted molar refractivity (Wildman–Crippen MR) is 74.4 cm³/mol. The van der Waals surface area contributed by atoms with Crippen LogP contribution in [0.2, 0.25) is 0 Å². The van der Waals surface area contributed by atoms with Crippen LogP contribution in [0.15, 0.2) is 12.2 Å². The van der Waals surface area contributed by atoms with Crippen molar-refractivity contribution in [2.75, 3.05) is 7.11 Å². The summed E-state index contributed by atoms with van der Waals surface area (Å²) in [5.41, 5.74) is 0. The maximum atomic E-state index is 11.4. The Kier molecular flexibility index (Phi) is 11.9. The van der Waals surface area contributed by atoms with Gasteiger partial charge in [-0.2, -0.15) is 0 Å². The van der Waals surface area contributed by atoms with Crippen molar-refractivity contribution in [3.63, 3.8) is 0 Å². The highest BCUT2D eigenvalue weighted by Crippen LogP contribution is 2.14. The number of carbonyl (C=O) groups excluding carboxylic acids is 3. The molecule has 0 N–H and O–H groups in total. The number of esters is 1. The van der Waals surface area contributed by atoms with Crippen molar-refractivity contribution in [1.82, 2.24) is 4.90 Å². The van der Waals surface area contributed by atoms with E-state index in [0.717, 1.165) is 17.1 Å². The van der Waals surface area contributed by atoms with E-state index < -0.39 is 23.8 Å². The maximum Gasteiger partial charge on any atom is 0.329 e. The van der Waals surface area contributed by atoms with Crippen LogP contribution in [0.1, 0.15) is 47.5 Å². The first-order chi connectivity index (χ1) is 9.11. The van der Waals surface area contributed by atoms with E-state index in [1.165, 1.54) is 7.11 Å². The Labute approximate surface area is 115 Å². The zero-order chi connectivity index (χ0) is 15.4. The Morgan fingerprint density at radius 3 is 1.89 bits per heavy atom. The summed E-state index contributed by atoms with van der Waals surface area (Å²) in [5, 5.41) is 0. The fourth-order valence-corrected chi connectivity index (χ4v) is 1.48. The molecule has 1 aliphatic heterocycles. The lowest BCUT2D eigenvalue weighted by molar-refractivity contribution is -0.155. The third-order valence-electron chi connectivity index (χ3n) is 2.19. The second-order valence-corrected chi connectivity index (χ2v) is 3.21. The molecule has 0 fully saturated rings. The summed E-state index contributed by atoms with van der Waals surface area (Å²) < 4.78 is 4.56. The summed E-state index contributed by atoms with van der Waals surface area (Å²) in [6.07, 6.45) is 3.44. The molecule has 5 nitrogen and oxygen atoms in total. The lowest BCUT2D eigenvalue weighted by atomic mass is 10.1. The number of rotatable bonds is 4. The Balaban J connectivity index is 0. The molecule has 110 valence electrons. The van der Waals surface area contributed by atoms with Gasteiger partial charge in [0, 0.05) is 12.2 Å². The monoisotopic (exact) mass is 271 g/mol. The van der Waals surface area contributed by atoms with Crippen molar-refractivity contribution in [2.24, 2.45) is 0 Å². The number of hydrogen-bond donors (Lipinski definition) is 0. The Morgan fingerprint density at radius 1 is 1.16 bits per heavy atom. The molecule has 19 heavy (non-hydrogen) atoms. The molecule has 1 aliphatic rings. The van der Waals surface area contributed by atoms with Gasteiger partial charge < -0.3 is 4.74 Å². The fourth-order valence-electron chi connectivity index (χ4n) is 1.48. The van der Waals surface area contributed by atoms with Gasteiger partial charge in [0.05, 0.1) is 7.11 Å². The van der Waals surface area contributed by atoms with Crippen molar-refractivity contribution in [3.8, 4) is 0 Å². The summed E-state index contributed by atoms with van der Waals surface area (Å²) in [5.74, 6) is -1.46. The molecule has 1 heterocycles. The highest BCUT2D eigenvalue weighted by molar-refractivity contribution is 6.14. The highest BCUT2D eigenvalue weighted by atomic mass is 16.5. The van der Waals surface area contributed by atoms with Gasteiger partial charge in [-0.05, 0) is 6.42 Å². The molecule has 0 radical (unpaired) electrons. The lowest BCUT2D eigenvalue weighted by Crippen LogP contribution is -2.45. The number of methoxy groups -OCH3 is 1. The number of carbonyl (C=O) groups is 3. The SMILES string of the molecule is CC.CC.CCCC(C(=O)OC)N1C(=O)C=CC1=O. The van der Waals surface area contributed by atoms with Gasteiger partial charge in [0.1, 0.15) is 6.04 Å². The van der Waals surface area contributed by atoms with Gasteiger partial charge in [0.15, 0.2) is 0 Å². The van der Waals surface area contributed by atoms with E-state index in [1.807, 2.05) is 34.6 Å². The van der Waals surface area contributed by atoms with Crippen LogP contribution < -0.4 is 0 Å². The average molecular weight is 271 g/mol. The second-order valence-electron chi connectivity index (χ2n) is 3.21. The van der Waals surface area contributed by atoms with Gasteiger partial charge in [-0.25, -0.2) is 4.79 Å². The number of amides is 2. The number of hydrogen-bond acceptors (Lipinski definition) is 4. The zero-order valence-electron chi connectivity index (χ0n) is 12.7. The van der Waals surface area contributed by atoms with Gasteiger partial charge in [0.25, 0.3) is 11.8 Å². The van der Waals surface area contributed by atoms with Crippen LogP contribution in [-0.4, -0.2) is 35.8 Å². The smallest absolute Gasteiger partial charge is 0.329 e. The highest BCUT2D eigenvalue weighted by Gasteiger charge is 2.35. The predicted octanol–water partition coefficient (Wildman–Crippen LogP) is 2.31. The quantitative estimate of drug-likeness (QED) is 0.581. The minimum absolute atomic E-state index is 0.422. The topological polar surface area (TPSA) is 63.7 Å². The molecule has 5 heteroatoms. The van der Waals surface area contributed by atoms with Crippen LogP contribution in [0, 0.1) is 0 Å². The standard InChI is InChI=1S/C10H13NO4.2C2H6/c1-3-4-7(10(14)15-2)11-8(12)5-6-9(11)13;2*1-2/h5-7H,3-4H2,1-2H3;2*1-2H3. The largest absolute Gasteiger partial charge is 0.467 e. The maximum absolute atomic E-state index is 11.4. The van der Waals surface area contributed by atoms with Crippen LogP contribution in [-0.2, 0) is 19.1 Å².